The summed E-state index contributed by atoms with van der Waals surface area (Å²) in [5.74, 6) is -3.50. The van der Waals surface area contributed by atoms with Crippen LogP contribution in [0.2, 0.25) is 3.67 Å². The van der Waals surface area contributed by atoms with Crippen LogP contribution < -0.4 is 0 Å². The molecule has 0 spiro atoms. The third-order valence-electron chi connectivity index (χ3n) is 1.50. The van der Waals surface area contributed by atoms with Crippen LogP contribution in [0, 0.1) is 0 Å². The van der Waals surface area contributed by atoms with Gasteiger partial charge >= 0.3 is 56.9 Å². The van der Waals surface area contributed by atoms with Gasteiger partial charge in [-0.3, -0.25) is 14.1 Å². The van der Waals surface area contributed by atoms with E-state index in [1.54, 1.807) is 0 Å². The van der Waals surface area contributed by atoms with Gasteiger partial charge in [0.2, 0.25) is 0 Å². The minimum absolute atomic E-state index is 1.16. The minimum Gasteiger partial charge on any atom is -0.481 e. The maximum absolute atomic E-state index is 10.2. The van der Waals surface area contributed by atoms with Crippen LogP contribution in [-0.2, 0) is 19.7 Å². The third kappa shape index (κ3) is 10.4. The summed E-state index contributed by atoms with van der Waals surface area (Å²) in [5, 5.41) is 13.9. The second-order valence-electron chi connectivity index (χ2n) is 2.94. The van der Waals surface area contributed by atoms with Crippen LogP contribution in [0.15, 0.2) is 0 Å². The van der Waals surface area contributed by atoms with Crippen molar-refractivity contribution in [2.24, 2.45) is 0 Å². The van der Waals surface area contributed by atoms with Crippen molar-refractivity contribution >= 4 is 50.0 Å². The summed E-state index contributed by atoms with van der Waals surface area (Å²) < 4.78 is 30.1. The second kappa shape index (κ2) is 8.94. The van der Waals surface area contributed by atoms with E-state index in [1.807, 2.05) is 0 Å². The number of rotatable bonds is 5. The van der Waals surface area contributed by atoms with Crippen LogP contribution in [0.3, 0.4) is 0 Å². The zero-order valence-electron chi connectivity index (χ0n) is 9.08. The molecule has 0 aliphatic carbocycles. The van der Waals surface area contributed by atoms with E-state index in [0.717, 1.165) is 0 Å². The Morgan fingerprint density at radius 3 is 1.75 bits per heavy atom. The zero-order valence-corrected chi connectivity index (χ0v) is 11.9. The van der Waals surface area contributed by atoms with Gasteiger partial charge in [0.25, 0.3) is 10.1 Å². The molecule has 0 heterocycles. The van der Waals surface area contributed by atoms with Crippen molar-refractivity contribution in [3.05, 3.63) is 0 Å². The summed E-state index contributed by atoms with van der Waals surface area (Å²) in [7, 11) is -4.84. The molecule has 1 atom stereocenters. The Morgan fingerprint density at radius 2 is 1.69 bits per heavy atom. The molecule has 1 unspecified atom stereocenters. The Balaban J connectivity index is 0. The largest absolute Gasteiger partial charge is 0.481 e. The summed E-state index contributed by atoms with van der Waals surface area (Å²) in [6.45, 7) is 2.22. The molecule has 0 fully saturated rings. The molecule has 0 aromatic carbocycles. The molecule has 0 aliphatic rings. The van der Waals surface area contributed by atoms with Crippen molar-refractivity contribution in [1.29, 1.82) is 0 Å². The molecule has 90 valence electrons. The first-order valence-electron chi connectivity index (χ1n) is 4.57. The maximum atomic E-state index is 10.2. The van der Waals surface area contributed by atoms with Gasteiger partial charge in [0.15, 0.2) is 5.25 Å². The number of carbonyl (C=O) groups is 2. The Kier molecular flexibility index (Phi) is 10.2. The molecule has 0 rings (SSSR count). The quantitative estimate of drug-likeness (QED) is 0.462. The second-order valence-corrected chi connectivity index (χ2v) is 5.54. The first-order chi connectivity index (χ1) is 7.16. The van der Waals surface area contributed by atoms with Gasteiger partial charge in [-0.15, -0.1) is 0 Å². The van der Waals surface area contributed by atoms with Crippen molar-refractivity contribution < 1.29 is 32.8 Å². The number of carboxylic acid groups (broad SMARTS) is 2. The van der Waals surface area contributed by atoms with Gasteiger partial charge in [0.05, 0.1) is 6.42 Å². The smallest absolute Gasteiger partial charge is 0.325 e. The van der Waals surface area contributed by atoms with E-state index < -0.39 is 33.7 Å². The van der Waals surface area contributed by atoms with E-state index in [9.17, 15) is 18.0 Å². The van der Waals surface area contributed by atoms with Gasteiger partial charge in [0, 0.05) is 0 Å². The zero-order chi connectivity index (χ0) is 13.4. The Hall–Kier alpha value is -0.150. The molecule has 16 heavy (non-hydrogen) atoms. The number of aliphatic carboxylic acids is 2. The molecule has 0 aliphatic heterocycles. The predicted octanol–water partition coefficient (Wildman–Crippen LogP) is -0.215. The molecule has 9 heteroatoms. The SMILES string of the molecule is CC[CH2][Na].O=C(O)CC(C(=O)O)S(=O)(=O)O. The fourth-order valence-corrected chi connectivity index (χ4v) is 1.09. The van der Waals surface area contributed by atoms with E-state index in [1.165, 1.54) is 38.0 Å². The molecular weight excluding hydrogens is 251 g/mol. The van der Waals surface area contributed by atoms with Gasteiger partial charge in [-0.25, -0.2) is 0 Å². The average molecular weight is 264 g/mol. The Bertz CT molecular complexity index is 322. The van der Waals surface area contributed by atoms with E-state index >= 15 is 0 Å². The minimum atomic E-state index is -4.84. The molecule has 0 aromatic heterocycles. The van der Waals surface area contributed by atoms with Crippen molar-refractivity contribution in [3.8, 4) is 0 Å². The summed E-state index contributed by atoms with van der Waals surface area (Å²) in [4.78, 5) is 20.0. The molecule has 0 radical (unpaired) electrons. The standard InChI is InChI=1S/C4H6O7S.C3H7.Na/c5-3(6)1-2(4(7)8)12(9,10)11;1-3-2;/h2H,1H2,(H,5,6)(H,7,8)(H,9,10,11);1,3H2,2H3;. The molecule has 0 saturated carbocycles. The normalized spacial score (nSPS) is 12.2. The van der Waals surface area contributed by atoms with Gasteiger partial charge in [-0.05, 0) is 0 Å². The Morgan fingerprint density at radius 1 is 1.31 bits per heavy atom. The van der Waals surface area contributed by atoms with Crippen LogP contribution >= 0.6 is 0 Å². The van der Waals surface area contributed by atoms with Gasteiger partial charge in [-0.2, -0.15) is 8.42 Å². The summed E-state index contributed by atoms with van der Waals surface area (Å²) in [6, 6.07) is 0. The number of hydrogen-bond donors (Lipinski definition) is 3. The molecular formula is C7H13NaO7S. The first kappa shape index (κ1) is 18.2. The Labute approximate surface area is 111 Å². The fraction of sp³-hybridized carbons (Fsp3) is 0.714. The van der Waals surface area contributed by atoms with Crippen molar-refractivity contribution in [1.82, 2.24) is 0 Å². The van der Waals surface area contributed by atoms with Gasteiger partial charge in [-0.1, -0.05) is 0 Å². The van der Waals surface area contributed by atoms with Gasteiger partial charge < -0.3 is 10.2 Å². The summed E-state index contributed by atoms with van der Waals surface area (Å²) in [5.41, 5.74) is 0. The van der Waals surface area contributed by atoms with Gasteiger partial charge in [0.1, 0.15) is 0 Å². The molecule has 7 nitrogen and oxygen atoms in total. The van der Waals surface area contributed by atoms with Crippen LogP contribution in [0.4, 0.5) is 0 Å². The number of hydrogen-bond acceptors (Lipinski definition) is 4. The summed E-state index contributed by atoms with van der Waals surface area (Å²) >= 11 is 1.39. The van der Waals surface area contributed by atoms with Crippen LogP contribution in [-0.4, -0.2) is 68.3 Å². The third-order valence-corrected chi connectivity index (χ3v) is 3.58. The molecule has 0 saturated heterocycles. The monoisotopic (exact) mass is 264 g/mol. The van der Waals surface area contributed by atoms with Crippen molar-refractivity contribution in [2.75, 3.05) is 0 Å². The fourth-order valence-electron chi connectivity index (χ4n) is 0.479. The topological polar surface area (TPSA) is 129 Å². The van der Waals surface area contributed by atoms with E-state index in [4.69, 9.17) is 14.8 Å². The predicted molar refractivity (Wildman–Crippen MR) is 56.1 cm³/mol. The van der Waals surface area contributed by atoms with E-state index in [0.29, 0.717) is 0 Å². The molecule has 0 aromatic rings. The average Bonchev–Trinajstić information content (AvgIpc) is 2.12. The molecule has 0 amide bonds. The van der Waals surface area contributed by atoms with Crippen molar-refractivity contribution in [2.45, 2.75) is 28.7 Å². The molecule has 3 N–H and O–H groups in total. The van der Waals surface area contributed by atoms with Crippen LogP contribution in [0.25, 0.3) is 0 Å². The van der Waals surface area contributed by atoms with Crippen LogP contribution in [0.5, 0.6) is 0 Å². The van der Waals surface area contributed by atoms with E-state index in [-0.39, 0.29) is 0 Å². The number of carboxylic acids is 2. The van der Waals surface area contributed by atoms with Crippen LogP contribution in [0.1, 0.15) is 19.8 Å². The molecule has 0 bridgehead atoms. The van der Waals surface area contributed by atoms with Crippen molar-refractivity contribution in [3.63, 3.8) is 0 Å². The summed E-state index contributed by atoms with van der Waals surface area (Å²) in [6.07, 6.45) is 0.223. The first-order valence-corrected chi connectivity index (χ1v) is 7.49. The van der Waals surface area contributed by atoms with E-state index in [2.05, 4.69) is 6.92 Å². The maximum Gasteiger partial charge on any atom is 0.325 e.